The van der Waals surface area contributed by atoms with Gasteiger partial charge in [-0.05, 0) is 37.5 Å². The van der Waals surface area contributed by atoms with E-state index in [4.69, 9.17) is 5.11 Å². The van der Waals surface area contributed by atoms with Gasteiger partial charge in [-0.3, -0.25) is 9.59 Å². The standard InChI is InChI=1S/C20H22N2O3/c1-13(14-7-3-2-4-8-14)21-17-9-5-6-10-18(17)22-19(23)15-11-16(12-15)20(24)25/h2-10,13,15-16,21H,11-12H2,1H3,(H,22,23)(H,24,25). The Morgan fingerprint density at radius 1 is 0.960 bits per heavy atom. The molecule has 25 heavy (non-hydrogen) atoms. The number of carboxylic acid groups (broad SMARTS) is 1. The number of benzene rings is 2. The van der Waals surface area contributed by atoms with Crippen molar-refractivity contribution in [2.24, 2.45) is 11.8 Å². The molecule has 0 aromatic heterocycles. The van der Waals surface area contributed by atoms with Gasteiger partial charge in [0.05, 0.1) is 17.3 Å². The van der Waals surface area contributed by atoms with Gasteiger partial charge in [0, 0.05) is 12.0 Å². The largest absolute Gasteiger partial charge is 0.481 e. The van der Waals surface area contributed by atoms with Crippen LogP contribution in [0.4, 0.5) is 11.4 Å². The number of carboxylic acids is 1. The van der Waals surface area contributed by atoms with Crippen LogP contribution in [0.1, 0.15) is 31.4 Å². The van der Waals surface area contributed by atoms with Gasteiger partial charge >= 0.3 is 5.97 Å². The van der Waals surface area contributed by atoms with Gasteiger partial charge in [-0.15, -0.1) is 0 Å². The minimum absolute atomic E-state index is 0.0966. The van der Waals surface area contributed by atoms with Gasteiger partial charge in [0.25, 0.3) is 0 Å². The van der Waals surface area contributed by atoms with E-state index in [9.17, 15) is 9.59 Å². The van der Waals surface area contributed by atoms with E-state index in [0.717, 1.165) is 11.3 Å². The second-order valence-corrected chi connectivity index (χ2v) is 6.52. The number of carbonyl (C=O) groups is 2. The Morgan fingerprint density at radius 2 is 1.56 bits per heavy atom. The number of para-hydroxylation sites is 2. The van der Waals surface area contributed by atoms with Crippen molar-refractivity contribution in [1.29, 1.82) is 0 Å². The maximum absolute atomic E-state index is 12.3. The van der Waals surface area contributed by atoms with Crippen LogP contribution >= 0.6 is 0 Å². The molecule has 0 bridgehead atoms. The van der Waals surface area contributed by atoms with Crippen LogP contribution in [0.3, 0.4) is 0 Å². The first-order chi connectivity index (χ1) is 12.0. The van der Waals surface area contributed by atoms with Crippen molar-refractivity contribution in [3.8, 4) is 0 Å². The predicted molar refractivity (Wildman–Crippen MR) is 97.4 cm³/mol. The number of anilines is 2. The molecule has 1 saturated carbocycles. The summed E-state index contributed by atoms with van der Waals surface area (Å²) < 4.78 is 0. The topological polar surface area (TPSA) is 78.4 Å². The second-order valence-electron chi connectivity index (χ2n) is 6.52. The van der Waals surface area contributed by atoms with Crippen molar-refractivity contribution < 1.29 is 14.7 Å². The highest BCUT2D eigenvalue weighted by Gasteiger charge is 2.38. The van der Waals surface area contributed by atoms with Crippen LogP contribution < -0.4 is 10.6 Å². The first kappa shape index (κ1) is 17.0. The maximum atomic E-state index is 12.3. The average Bonchev–Trinajstić information content (AvgIpc) is 2.55. The van der Waals surface area contributed by atoms with Crippen molar-refractivity contribution in [2.45, 2.75) is 25.8 Å². The third-order valence-electron chi connectivity index (χ3n) is 4.71. The molecule has 1 amide bonds. The summed E-state index contributed by atoms with van der Waals surface area (Å²) in [5, 5.41) is 15.3. The molecule has 130 valence electrons. The summed E-state index contributed by atoms with van der Waals surface area (Å²) in [4.78, 5) is 23.2. The van der Waals surface area contributed by atoms with Crippen molar-refractivity contribution in [2.75, 3.05) is 10.6 Å². The fourth-order valence-electron chi connectivity index (χ4n) is 3.04. The number of hydrogen-bond donors (Lipinski definition) is 3. The number of rotatable bonds is 6. The zero-order chi connectivity index (χ0) is 17.8. The first-order valence-electron chi connectivity index (χ1n) is 8.48. The number of aliphatic carboxylic acids is 1. The van der Waals surface area contributed by atoms with Crippen molar-refractivity contribution in [1.82, 2.24) is 0 Å². The smallest absolute Gasteiger partial charge is 0.306 e. The Hall–Kier alpha value is -2.82. The SMILES string of the molecule is CC(Nc1ccccc1NC(=O)C1CC(C(=O)O)C1)c1ccccc1. The highest BCUT2D eigenvalue weighted by atomic mass is 16.4. The fourth-order valence-corrected chi connectivity index (χ4v) is 3.04. The van der Waals surface area contributed by atoms with E-state index >= 15 is 0 Å². The van der Waals surface area contributed by atoms with E-state index in [1.54, 1.807) is 0 Å². The van der Waals surface area contributed by atoms with E-state index in [2.05, 4.69) is 29.7 Å². The molecule has 2 aromatic carbocycles. The van der Waals surface area contributed by atoms with Crippen LogP contribution in [0.15, 0.2) is 54.6 Å². The fraction of sp³-hybridized carbons (Fsp3) is 0.300. The van der Waals surface area contributed by atoms with Crippen molar-refractivity contribution >= 4 is 23.3 Å². The van der Waals surface area contributed by atoms with Crippen LogP contribution in [0.5, 0.6) is 0 Å². The monoisotopic (exact) mass is 338 g/mol. The highest BCUT2D eigenvalue weighted by molar-refractivity contribution is 5.97. The van der Waals surface area contributed by atoms with E-state index in [1.807, 2.05) is 42.5 Å². The van der Waals surface area contributed by atoms with Gasteiger partial charge in [0.2, 0.25) is 5.91 Å². The summed E-state index contributed by atoms with van der Waals surface area (Å²) >= 11 is 0. The Morgan fingerprint density at radius 3 is 2.20 bits per heavy atom. The summed E-state index contributed by atoms with van der Waals surface area (Å²) in [5.74, 6) is -1.54. The molecule has 0 heterocycles. The summed E-state index contributed by atoms with van der Waals surface area (Å²) in [6, 6.07) is 17.7. The molecule has 0 radical (unpaired) electrons. The molecule has 5 heteroatoms. The molecule has 2 aromatic rings. The Bertz CT molecular complexity index is 755. The Kier molecular flexibility index (Phi) is 5.03. The van der Waals surface area contributed by atoms with Crippen LogP contribution in [0, 0.1) is 11.8 Å². The molecule has 0 spiro atoms. The molecule has 0 aliphatic heterocycles. The highest BCUT2D eigenvalue weighted by Crippen LogP contribution is 2.35. The van der Waals surface area contributed by atoms with Crippen molar-refractivity contribution in [3.05, 3.63) is 60.2 Å². The van der Waals surface area contributed by atoms with Crippen LogP contribution in [-0.2, 0) is 9.59 Å². The minimum Gasteiger partial charge on any atom is -0.481 e. The predicted octanol–water partition coefficient (Wildman–Crippen LogP) is 3.91. The molecule has 1 atom stereocenters. The molecule has 5 nitrogen and oxygen atoms in total. The van der Waals surface area contributed by atoms with Crippen LogP contribution in [0.2, 0.25) is 0 Å². The summed E-state index contributed by atoms with van der Waals surface area (Å²) in [5.41, 5.74) is 2.72. The van der Waals surface area contributed by atoms with Gasteiger partial charge in [-0.25, -0.2) is 0 Å². The lowest BCUT2D eigenvalue weighted by atomic mass is 9.74. The van der Waals surface area contributed by atoms with E-state index in [1.165, 1.54) is 0 Å². The summed E-state index contributed by atoms with van der Waals surface area (Å²) in [6.45, 7) is 2.07. The zero-order valence-corrected chi connectivity index (χ0v) is 14.1. The van der Waals surface area contributed by atoms with Crippen LogP contribution in [-0.4, -0.2) is 17.0 Å². The first-order valence-corrected chi connectivity index (χ1v) is 8.48. The number of amides is 1. The molecule has 3 rings (SSSR count). The van der Waals surface area contributed by atoms with E-state index < -0.39 is 5.97 Å². The molecule has 1 aliphatic rings. The normalized spacial score (nSPS) is 20.2. The van der Waals surface area contributed by atoms with Gasteiger partial charge < -0.3 is 15.7 Å². The van der Waals surface area contributed by atoms with Gasteiger partial charge in [-0.1, -0.05) is 42.5 Å². The van der Waals surface area contributed by atoms with Gasteiger partial charge in [0.15, 0.2) is 0 Å². The number of nitrogens with one attached hydrogen (secondary N) is 2. The Balaban J connectivity index is 1.65. The lowest BCUT2D eigenvalue weighted by molar-refractivity contribution is -0.147. The molecule has 1 aliphatic carbocycles. The van der Waals surface area contributed by atoms with E-state index in [0.29, 0.717) is 18.5 Å². The lowest BCUT2D eigenvalue weighted by Crippen LogP contribution is -2.38. The second kappa shape index (κ2) is 7.38. The number of carbonyl (C=O) groups excluding carboxylic acids is 1. The van der Waals surface area contributed by atoms with Gasteiger partial charge in [0.1, 0.15) is 0 Å². The van der Waals surface area contributed by atoms with Crippen molar-refractivity contribution in [3.63, 3.8) is 0 Å². The number of hydrogen-bond acceptors (Lipinski definition) is 3. The molecule has 1 unspecified atom stereocenters. The van der Waals surface area contributed by atoms with E-state index in [-0.39, 0.29) is 23.8 Å². The molecule has 1 fully saturated rings. The molecular weight excluding hydrogens is 316 g/mol. The maximum Gasteiger partial charge on any atom is 0.306 e. The average molecular weight is 338 g/mol. The zero-order valence-electron chi connectivity index (χ0n) is 14.1. The van der Waals surface area contributed by atoms with Gasteiger partial charge in [-0.2, -0.15) is 0 Å². The molecule has 3 N–H and O–H groups in total. The summed E-state index contributed by atoms with van der Waals surface area (Å²) in [6.07, 6.45) is 0.828. The quantitative estimate of drug-likeness (QED) is 0.746. The minimum atomic E-state index is -0.817. The third-order valence-corrected chi connectivity index (χ3v) is 4.71. The lowest BCUT2D eigenvalue weighted by Gasteiger charge is -2.31. The molecular formula is C20H22N2O3. The summed E-state index contributed by atoms with van der Waals surface area (Å²) in [7, 11) is 0. The Labute approximate surface area is 147 Å². The van der Waals surface area contributed by atoms with Crippen LogP contribution in [0.25, 0.3) is 0 Å². The third kappa shape index (κ3) is 3.99. The molecule has 0 saturated heterocycles.